The van der Waals surface area contributed by atoms with Gasteiger partial charge in [0.1, 0.15) is 6.61 Å². The Morgan fingerprint density at radius 2 is 1.74 bits per heavy atom. The number of hydrogen-bond donors (Lipinski definition) is 1. The second-order valence-electron chi connectivity index (χ2n) is 10.6. The maximum atomic E-state index is 12.6. The van der Waals surface area contributed by atoms with E-state index in [2.05, 4.69) is 39.9 Å². The van der Waals surface area contributed by atoms with Crippen molar-refractivity contribution >= 4 is 5.97 Å². The van der Waals surface area contributed by atoms with Crippen molar-refractivity contribution < 1.29 is 19.0 Å². The number of carbonyl (C=O) groups is 1. The van der Waals surface area contributed by atoms with Crippen LogP contribution in [-0.2, 0) is 20.6 Å². The average molecular weight is 432 g/mol. The quantitative estimate of drug-likeness (QED) is 0.441. The van der Waals surface area contributed by atoms with Crippen LogP contribution in [0.15, 0.2) is 24.3 Å². The fourth-order valence-corrected chi connectivity index (χ4v) is 5.30. The molecule has 0 aliphatic carbocycles. The number of carbonyl (C=O) groups excluding carboxylic acids is 1. The number of esters is 1. The molecule has 1 N–H and O–H groups in total. The Bertz CT molecular complexity index is 709. The Morgan fingerprint density at radius 3 is 2.39 bits per heavy atom. The second kappa shape index (κ2) is 10.0. The van der Waals surface area contributed by atoms with E-state index in [1.165, 1.54) is 31.2 Å². The first-order chi connectivity index (χ1) is 14.6. The summed E-state index contributed by atoms with van der Waals surface area (Å²) in [6.45, 7) is 11.8. The third-order valence-electron chi connectivity index (χ3n) is 6.19. The molecule has 1 aromatic carbocycles. The molecule has 31 heavy (non-hydrogen) atoms. The molecule has 0 radical (unpaired) electrons. The van der Waals surface area contributed by atoms with Gasteiger partial charge in [-0.15, -0.1) is 0 Å². The van der Waals surface area contributed by atoms with Crippen LogP contribution in [0.5, 0.6) is 0 Å². The van der Waals surface area contributed by atoms with Crippen molar-refractivity contribution in [3.8, 4) is 0 Å². The predicted octanol–water partition coefficient (Wildman–Crippen LogP) is 5.41. The fraction of sp³-hybridized carbons (Fsp3) is 0.731. The van der Waals surface area contributed by atoms with Gasteiger partial charge in [0.25, 0.3) is 0 Å². The third kappa shape index (κ3) is 7.03. The molecule has 2 aliphatic rings. The maximum Gasteiger partial charge on any atom is 0.338 e. The van der Waals surface area contributed by atoms with Crippen molar-refractivity contribution in [2.45, 2.75) is 109 Å². The zero-order valence-electron chi connectivity index (χ0n) is 20.1. The molecule has 2 aliphatic heterocycles. The first-order valence-corrected chi connectivity index (χ1v) is 12.0. The molecule has 5 heteroatoms. The van der Waals surface area contributed by atoms with Crippen LogP contribution in [0.2, 0.25) is 0 Å². The highest BCUT2D eigenvalue weighted by molar-refractivity contribution is 5.89. The van der Waals surface area contributed by atoms with Crippen molar-refractivity contribution in [2.75, 3.05) is 13.2 Å². The van der Waals surface area contributed by atoms with Gasteiger partial charge in [0.05, 0.1) is 18.3 Å². The lowest BCUT2D eigenvalue weighted by Crippen LogP contribution is -2.66. The van der Waals surface area contributed by atoms with Crippen LogP contribution >= 0.6 is 0 Å². The molecular formula is C26H41NO4. The maximum absolute atomic E-state index is 12.6. The highest BCUT2D eigenvalue weighted by Crippen LogP contribution is 2.42. The van der Waals surface area contributed by atoms with Crippen LogP contribution in [0, 0.1) is 0 Å². The third-order valence-corrected chi connectivity index (χ3v) is 6.19. The van der Waals surface area contributed by atoms with Crippen molar-refractivity contribution in [1.82, 2.24) is 5.32 Å². The molecule has 0 bridgehead atoms. The number of nitrogens with one attached hydrogen (secondary N) is 1. The van der Waals surface area contributed by atoms with Crippen LogP contribution in [0.4, 0.5) is 0 Å². The minimum absolute atomic E-state index is 0.0847. The summed E-state index contributed by atoms with van der Waals surface area (Å²) in [7, 11) is 0. The molecule has 0 aromatic heterocycles. The van der Waals surface area contributed by atoms with E-state index in [1.807, 2.05) is 24.3 Å². The van der Waals surface area contributed by atoms with Gasteiger partial charge in [0.2, 0.25) is 0 Å². The van der Waals surface area contributed by atoms with Gasteiger partial charge < -0.3 is 19.5 Å². The Morgan fingerprint density at radius 1 is 1.06 bits per heavy atom. The van der Waals surface area contributed by atoms with Crippen LogP contribution in [0.1, 0.15) is 95.5 Å². The lowest BCUT2D eigenvalue weighted by atomic mass is 9.78. The number of ether oxygens (including phenoxy) is 3. The molecule has 1 atom stereocenters. The Balaban J connectivity index is 1.51. The van der Waals surface area contributed by atoms with Crippen LogP contribution in [0.3, 0.4) is 0 Å². The van der Waals surface area contributed by atoms with Gasteiger partial charge >= 0.3 is 5.97 Å². The Labute approximate surface area is 188 Å². The lowest BCUT2D eigenvalue weighted by molar-refractivity contribution is -0.323. The van der Waals surface area contributed by atoms with E-state index in [1.54, 1.807) is 0 Å². The summed E-state index contributed by atoms with van der Waals surface area (Å²) in [6.07, 6.45) is 8.19. The van der Waals surface area contributed by atoms with Crippen molar-refractivity contribution in [1.29, 1.82) is 0 Å². The summed E-state index contributed by atoms with van der Waals surface area (Å²) in [6, 6.07) is 7.84. The van der Waals surface area contributed by atoms with Crippen LogP contribution < -0.4 is 5.32 Å². The lowest BCUT2D eigenvalue weighted by Gasteiger charge is -2.54. The monoisotopic (exact) mass is 431 g/mol. The minimum Gasteiger partial charge on any atom is -0.459 e. The minimum atomic E-state index is -0.618. The average Bonchev–Trinajstić information content (AvgIpc) is 2.67. The van der Waals surface area contributed by atoms with Gasteiger partial charge in [0.15, 0.2) is 5.79 Å². The van der Waals surface area contributed by atoms with Gasteiger partial charge in [-0.05, 0) is 58.2 Å². The first kappa shape index (κ1) is 24.2. The number of hydrogen-bond acceptors (Lipinski definition) is 5. The fourth-order valence-electron chi connectivity index (χ4n) is 5.30. The highest BCUT2D eigenvalue weighted by atomic mass is 16.7. The van der Waals surface area contributed by atoms with Gasteiger partial charge in [0, 0.05) is 30.3 Å². The smallest absolute Gasteiger partial charge is 0.338 e. The summed E-state index contributed by atoms with van der Waals surface area (Å²) >= 11 is 0. The van der Waals surface area contributed by atoms with Crippen LogP contribution in [0.25, 0.3) is 0 Å². The molecule has 1 aromatic rings. The molecule has 174 valence electrons. The number of aryl methyl sites for hydroxylation is 1. The molecule has 5 nitrogen and oxygen atoms in total. The van der Waals surface area contributed by atoms with E-state index in [9.17, 15) is 4.79 Å². The second-order valence-corrected chi connectivity index (χ2v) is 10.6. The molecule has 2 heterocycles. The Kier molecular flexibility index (Phi) is 7.82. The zero-order chi connectivity index (χ0) is 22.5. The molecule has 2 fully saturated rings. The molecule has 0 saturated carbocycles. The van der Waals surface area contributed by atoms with Gasteiger partial charge in [-0.1, -0.05) is 38.3 Å². The summed E-state index contributed by atoms with van der Waals surface area (Å²) < 4.78 is 18.2. The molecule has 2 saturated heterocycles. The van der Waals surface area contributed by atoms with Crippen LogP contribution in [-0.4, -0.2) is 42.2 Å². The number of rotatable bonds is 8. The number of piperidine rings is 1. The van der Waals surface area contributed by atoms with Gasteiger partial charge in [-0.3, -0.25) is 0 Å². The molecule has 3 rings (SSSR count). The standard InChI is InChI=1S/C26H41NO4/c1-6-7-8-9-10-20-11-13-21(14-12-20)23(28)29-17-22-15-16-30-26(31-22)18-24(2,3)27-25(4,5)19-26/h11-14,22,27H,6-10,15-19H2,1-5H3. The first-order valence-electron chi connectivity index (χ1n) is 12.0. The summed E-state index contributed by atoms with van der Waals surface area (Å²) in [5, 5.41) is 3.67. The number of unbranched alkanes of at least 4 members (excludes halogenated alkanes) is 3. The van der Waals surface area contributed by atoms with E-state index in [4.69, 9.17) is 14.2 Å². The van der Waals surface area contributed by atoms with E-state index < -0.39 is 5.79 Å². The SMILES string of the molecule is CCCCCCc1ccc(C(=O)OCC2CCOC3(CC(C)(C)NC(C)(C)C3)O2)cc1. The summed E-state index contributed by atoms with van der Waals surface area (Å²) in [5.74, 6) is -0.903. The number of benzene rings is 1. The molecule has 0 amide bonds. The van der Waals surface area contributed by atoms with E-state index >= 15 is 0 Å². The van der Waals surface area contributed by atoms with E-state index in [0.29, 0.717) is 12.2 Å². The molecular weight excluding hydrogens is 390 g/mol. The normalized spacial score (nSPS) is 24.1. The van der Waals surface area contributed by atoms with Gasteiger partial charge in [-0.25, -0.2) is 4.79 Å². The van der Waals surface area contributed by atoms with Gasteiger partial charge in [-0.2, -0.15) is 0 Å². The van der Waals surface area contributed by atoms with E-state index in [-0.39, 0.29) is 29.8 Å². The zero-order valence-corrected chi connectivity index (χ0v) is 20.1. The summed E-state index contributed by atoms with van der Waals surface area (Å²) in [5.41, 5.74) is 1.71. The Hall–Kier alpha value is -1.43. The van der Waals surface area contributed by atoms with Crippen molar-refractivity contribution in [3.63, 3.8) is 0 Å². The topological polar surface area (TPSA) is 56.8 Å². The predicted molar refractivity (Wildman–Crippen MR) is 123 cm³/mol. The van der Waals surface area contributed by atoms with Crippen molar-refractivity contribution in [2.24, 2.45) is 0 Å². The largest absolute Gasteiger partial charge is 0.459 e. The van der Waals surface area contributed by atoms with E-state index in [0.717, 1.165) is 25.7 Å². The highest BCUT2D eigenvalue weighted by Gasteiger charge is 2.51. The van der Waals surface area contributed by atoms with Crippen molar-refractivity contribution in [3.05, 3.63) is 35.4 Å². The molecule has 1 spiro atoms. The summed E-state index contributed by atoms with van der Waals surface area (Å²) in [4.78, 5) is 12.6. The molecule has 1 unspecified atom stereocenters.